The fourth-order valence-corrected chi connectivity index (χ4v) is 3.91. The van der Waals surface area contributed by atoms with Crippen LogP contribution in [0.1, 0.15) is 91.4 Å². The lowest BCUT2D eigenvalue weighted by atomic mass is 9.91. The largest absolute Gasteiger partial charge is 0.469 e. The molecule has 2 rings (SSSR count). The lowest BCUT2D eigenvalue weighted by Crippen LogP contribution is -2.45. The van der Waals surface area contributed by atoms with E-state index >= 15 is 0 Å². The van der Waals surface area contributed by atoms with Crippen LogP contribution in [0.3, 0.4) is 0 Å². The zero-order valence-electron chi connectivity index (χ0n) is 20.0. The Morgan fingerprint density at radius 2 is 1.32 bits per heavy atom. The third-order valence-electron chi connectivity index (χ3n) is 5.46. The highest BCUT2D eigenvalue weighted by atomic mass is 16.6. The van der Waals surface area contributed by atoms with Gasteiger partial charge in [0.2, 0.25) is 0 Å². The van der Waals surface area contributed by atoms with Crippen LogP contribution in [0.2, 0.25) is 0 Å². The normalized spacial score (nSPS) is 18.7. The van der Waals surface area contributed by atoms with E-state index in [9.17, 15) is 14.4 Å². The van der Waals surface area contributed by atoms with Gasteiger partial charge in [0.25, 0.3) is 0 Å². The number of hydrogen-bond donors (Lipinski definition) is 2. The monoisotopic (exact) mass is 442 g/mol. The van der Waals surface area contributed by atoms with Crippen molar-refractivity contribution in [1.29, 1.82) is 0 Å². The Balaban J connectivity index is 0.000000323. The predicted octanol–water partition coefficient (Wildman–Crippen LogP) is 3.86. The summed E-state index contributed by atoms with van der Waals surface area (Å²) in [5, 5.41) is 6.11. The van der Waals surface area contributed by atoms with Crippen molar-refractivity contribution in [3.05, 3.63) is 0 Å². The van der Waals surface area contributed by atoms with E-state index in [-0.39, 0.29) is 6.42 Å². The molecule has 0 aromatic heterocycles. The van der Waals surface area contributed by atoms with Gasteiger partial charge >= 0.3 is 18.0 Å². The summed E-state index contributed by atoms with van der Waals surface area (Å²) >= 11 is 0. The second kappa shape index (κ2) is 14.3. The average Bonchev–Trinajstić information content (AvgIpc) is 2.73. The van der Waals surface area contributed by atoms with Crippen molar-refractivity contribution in [1.82, 2.24) is 10.6 Å². The smallest absolute Gasteiger partial charge is 0.408 e. The number of carbonyl (C=O) groups is 3. The fraction of sp³-hybridized carbons (Fsp3) is 0.870. The number of amides is 1. The van der Waals surface area contributed by atoms with Crippen LogP contribution in [0.4, 0.5) is 4.79 Å². The maximum atomic E-state index is 11.5. The molecular formula is C23H42N2O6. The first-order chi connectivity index (χ1) is 14.6. The van der Waals surface area contributed by atoms with Gasteiger partial charge in [-0.2, -0.15) is 0 Å². The lowest BCUT2D eigenvalue weighted by molar-refractivity contribution is -0.149. The first-order valence-electron chi connectivity index (χ1n) is 11.5. The first kappa shape index (κ1) is 27.2. The lowest BCUT2D eigenvalue weighted by Gasteiger charge is -2.30. The number of ether oxygens (including phenoxy) is 3. The van der Waals surface area contributed by atoms with Gasteiger partial charge in [-0.05, 0) is 46.5 Å². The molecule has 31 heavy (non-hydrogen) atoms. The molecule has 0 heterocycles. The topological polar surface area (TPSA) is 103 Å². The molecule has 2 fully saturated rings. The van der Waals surface area contributed by atoms with E-state index in [4.69, 9.17) is 4.74 Å². The van der Waals surface area contributed by atoms with Crippen molar-refractivity contribution < 1.29 is 28.6 Å². The van der Waals surface area contributed by atoms with Crippen LogP contribution in [0.25, 0.3) is 0 Å². The van der Waals surface area contributed by atoms with Crippen LogP contribution in [0.15, 0.2) is 0 Å². The number of alkyl carbamates (subject to hydrolysis) is 1. The third-order valence-corrected chi connectivity index (χ3v) is 5.46. The van der Waals surface area contributed by atoms with Crippen molar-refractivity contribution in [2.75, 3.05) is 14.2 Å². The molecule has 1 amide bonds. The van der Waals surface area contributed by atoms with Gasteiger partial charge in [-0.25, -0.2) is 9.59 Å². The number of hydrogen-bond acceptors (Lipinski definition) is 7. The van der Waals surface area contributed by atoms with Gasteiger partial charge in [-0.15, -0.1) is 0 Å². The minimum atomic E-state index is -1.13. The zero-order valence-corrected chi connectivity index (χ0v) is 20.0. The molecule has 2 aliphatic rings. The molecular weight excluding hydrogens is 400 g/mol. The van der Waals surface area contributed by atoms with Gasteiger partial charge in [-0.3, -0.25) is 4.79 Å². The van der Waals surface area contributed by atoms with Gasteiger partial charge in [0.1, 0.15) is 11.6 Å². The van der Waals surface area contributed by atoms with Gasteiger partial charge in [0.15, 0.2) is 0 Å². The van der Waals surface area contributed by atoms with Crippen LogP contribution in [-0.2, 0) is 23.8 Å². The van der Waals surface area contributed by atoms with E-state index in [1.807, 2.05) is 0 Å². The quantitative estimate of drug-likeness (QED) is 0.475. The van der Waals surface area contributed by atoms with Gasteiger partial charge in [0, 0.05) is 12.1 Å². The standard InChI is InChI=1S/C12H23N.C11H19NO6/c1-3-7-11(8-4-1)13-12-9-5-2-6-10-12;1-11(2,3)18-10(15)12-7(9(14)17-5)6-8(13)16-4/h11-13H,1-10H2;7H,6H2,1-5H3,(H,12,15)/t;7-/m.0/s1. The Morgan fingerprint density at radius 3 is 1.71 bits per heavy atom. The SMILES string of the molecule is C1CCC(NC2CCCCC2)CC1.COC(=O)C[C@H](NC(=O)OC(C)(C)C)C(=O)OC. The molecule has 0 radical (unpaired) electrons. The Labute approximate surface area is 187 Å². The highest BCUT2D eigenvalue weighted by Crippen LogP contribution is 2.22. The van der Waals surface area contributed by atoms with E-state index in [0.29, 0.717) is 0 Å². The highest BCUT2D eigenvalue weighted by Gasteiger charge is 2.27. The molecule has 0 spiro atoms. The summed E-state index contributed by atoms with van der Waals surface area (Å²) in [4.78, 5) is 33.9. The van der Waals surface area contributed by atoms with E-state index in [1.54, 1.807) is 20.8 Å². The molecule has 0 saturated heterocycles. The van der Waals surface area contributed by atoms with E-state index in [0.717, 1.165) is 19.2 Å². The number of esters is 2. The van der Waals surface area contributed by atoms with Crippen LogP contribution in [0.5, 0.6) is 0 Å². The average molecular weight is 443 g/mol. The summed E-state index contributed by atoms with van der Waals surface area (Å²) in [7, 11) is 2.34. The van der Waals surface area contributed by atoms with E-state index < -0.39 is 29.7 Å². The van der Waals surface area contributed by atoms with Crippen molar-refractivity contribution in [2.24, 2.45) is 0 Å². The van der Waals surface area contributed by atoms with Crippen molar-refractivity contribution in [3.8, 4) is 0 Å². The number of nitrogens with one attached hydrogen (secondary N) is 2. The predicted molar refractivity (Wildman–Crippen MR) is 119 cm³/mol. The summed E-state index contributed by atoms with van der Waals surface area (Å²) in [6.45, 7) is 5.04. The van der Waals surface area contributed by atoms with Crippen LogP contribution >= 0.6 is 0 Å². The first-order valence-corrected chi connectivity index (χ1v) is 11.5. The van der Waals surface area contributed by atoms with Crippen LogP contribution < -0.4 is 10.6 Å². The zero-order chi connectivity index (χ0) is 23.3. The Morgan fingerprint density at radius 1 is 0.839 bits per heavy atom. The van der Waals surface area contributed by atoms with Crippen molar-refractivity contribution in [2.45, 2.75) is 115 Å². The maximum absolute atomic E-state index is 11.5. The van der Waals surface area contributed by atoms with Crippen LogP contribution in [0, 0.1) is 0 Å². The summed E-state index contributed by atoms with van der Waals surface area (Å²) in [6.07, 6.45) is 13.4. The van der Waals surface area contributed by atoms with Gasteiger partial charge in [-0.1, -0.05) is 38.5 Å². The minimum Gasteiger partial charge on any atom is -0.469 e. The second-order valence-electron chi connectivity index (χ2n) is 9.34. The molecule has 2 N–H and O–H groups in total. The van der Waals surface area contributed by atoms with E-state index in [2.05, 4.69) is 20.1 Å². The Kier molecular flexibility index (Phi) is 12.5. The van der Waals surface area contributed by atoms with Gasteiger partial charge < -0.3 is 24.8 Å². The molecule has 0 aliphatic heterocycles. The molecule has 0 aromatic rings. The summed E-state index contributed by atoms with van der Waals surface area (Å²) in [6, 6.07) is 0.617. The molecule has 8 nitrogen and oxygen atoms in total. The third kappa shape index (κ3) is 12.6. The van der Waals surface area contributed by atoms with Crippen molar-refractivity contribution >= 4 is 18.0 Å². The molecule has 0 aromatic carbocycles. The fourth-order valence-electron chi connectivity index (χ4n) is 3.91. The second-order valence-corrected chi connectivity index (χ2v) is 9.34. The molecule has 0 unspecified atom stereocenters. The summed E-state index contributed by atoms with van der Waals surface area (Å²) < 4.78 is 13.9. The number of methoxy groups -OCH3 is 2. The van der Waals surface area contributed by atoms with E-state index in [1.165, 1.54) is 71.3 Å². The highest BCUT2D eigenvalue weighted by molar-refractivity contribution is 5.86. The molecule has 8 heteroatoms. The van der Waals surface area contributed by atoms with Crippen LogP contribution in [-0.4, -0.2) is 56.0 Å². The van der Waals surface area contributed by atoms with Crippen molar-refractivity contribution in [3.63, 3.8) is 0 Å². The Bertz CT molecular complexity index is 533. The summed E-state index contributed by atoms with van der Waals surface area (Å²) in [5.41, 5.74) is -0.698. The maximum Gasteiger partial charge on any atom is 0.408 e. The molecule has 2 saturated carbocycles. The minimum absolute atomic E-state index is 0.317. The number of carbonyl (C=O) groups excluding carboxylic acids is 3. The molecule has 1 atom stereocenters. The molecule has 2 aliphatic carbocycles. The number of rotatable bonds is 6. The Hall–Kier alpha value is -1.83. The van der Waals surface area contributed by atoms with Gasteiger partial charge in [0.05, 0.1) is 20.6 Å². The molecule has 180 valence electrons. The molecule has 0 bridgehead atoms. The summed E-state index contributed by atoms with van der Waals surface area (Å²) in [5.74, 6) is -1.38.